The highest BCUT2D eigenvalue weighted by atomic mass is 16.5. The molecule has 0 heterocycles. The third-order valence-electron chi connectivity index (χ3n) is 5.39. The number of benzene rings is 1. The Balaban J connectivity index is 1.85. The molecule has 27 heavy (non-hydrogen) atoms. The highest BCUT2D eigenvalue weighted by molar-refractivity contribution is 5.72. The summed E-state index contributed by atoms with van der Waals surface area (Å²) in [6, 6.07) is 8.00. The predicted molar refractivity (Wildman–Crippen MR) is 112 cm³/mol. The van der Waals surface area contributed by atoms with Gasteiger partial charge in [0.2, 0.25) is 0 Å². The molecule has 0 amide bonds. The number of hydrogen-bond acceptors (Lipinski definition) is 2. The Kier molecular flexibility index (Phi) is 10.0. The molecule has 0 saturated heterocycles. The van der Waals surface area contributed by atoms with E-state index < -0.39 is 12.1 Å². The summed E-state index contributed by atoms with van der Waals surface area (Å²) in [4.78, 5) is 11.5. The summed E-state index contributed by atoms with van der Waals surface area (Å²) in [6.45, 7) is 2.20. The van der Waals surface area contributed by atoms with Crippen molar-refractivity contribution in [2.75, 3.05) is 0 Å². The monoisotopic (exact) mass is 372 g/mol. The largest absolute Gasteiger partial charge is 0.479 e. The number of unbranched alkanes of at least 4 members (excludes halogenated alkanes) is 5. The van der Waals surface area contributed by atoms with Crippen LogP contribution in [0.25, 0.3) is 5.57 Å². The molecule has 0 aromatic heterocycles. The molecule has 1 N–H and O–H groups in total. The second-order valence-corrected chi connectivity index (χ2v) is 7.71. The lowest BCUT2D eigenvalue weighted by atomic mass is 9.95. The summed E-state index contributed by atoms with van der Waals surface area (Å²) in [7, 11) is 0. The maximum Gasteiger partial charge on any atom is 0.344 e. The van der Waals surface area contributed by atoms with Crippen LogP contribution >= 0.6 is 0 Å². The summed E-state index contributed by atoms with van der Waals surface area (Å²) in [5, 5.41) is 9.46. The first-order valence-corrected chi connectivity index (χ1v) is 10.9. The zero-order valence-electron chi connectivity index (χ0n) is 16.9. The molecule has 3 heteroatoms. The van der Waals surface area contributed by atoms with Crippen molar-refractivity contribution >= 4 is 11.5 Å². The van der Waals surface area contributed by atoms with Crippen LogP contribution in [0.5, 0.6) is 5.75 Å². The van der Waals surface area contributed by atoms with Gasteiger partial charge in [0.25, 0.3) is 0 Å². The Labute approximate surface area is 164 Å². The molecule has 150 valence electrons. The topological polar surface area (TPSA) is 46.5 Å². The van der Waals surface area contributed by atoms with Gasteiger partial charge in [-0.3, -0.25) is 0 Å². The molecule has 0 fully saturated rings. The van der Waals surface area contributed by atoms with Crippen LogP contribution < -0.4 is 4.74 Å². The van der Waals surface area contributed by atoms with Gasteiger partial charge < -0.3 is 9.84 Å². The Hall–Kier alpha value is -1.77. The van der Waals surface area contributed by atoms with Crippen molar-refractivity contribution in [3.05, 3.63) is 35.9 Å². The average molecular weight is 373 g/mol. The van der Waals surface area contributed by atoms with Crippen LogP contribution in [0.3, 0.4) is 0 Å². The van der Waals surface area contributed by atoms with Crippen molar-refractivity contribution in [2.24, 2.45) is 0 Å². The maximum absolute atomic E-state index is 11.5. The quantitative estimate of drug-likeness (QED) is 0.425. The summed E-state index contributed by atoms with van der Waals surface area (Å²) < 4.78 is 5.77. The first-order chi connectivity index (χ1) is 13.2. The number of allylic oxidation sites excluding steroid dienone is 2. The maximum atomic E-state index is 11.5. The average Bonchev–Trinajstić information content (AvgIpc) is 2.64. The molecule has 1 atom stereocenters. The van der Waals surface area contributed by atoms with Crippen molar-refractivity contribution in [1.82, 2.24) is 0 Å². The van der Waals surface area contributed by atoms with E-state index in [1.807, 2.05) is 12.1 Å². The number of hydrogen-bond donors (Lipinski definition) is 1. The highest BCUT2D eigenvalue weighted by Crippen LogP contribution is 2.27. The molecule has 1 aliphatic carbocycles. The Morgan fingerprint density at radius 1 is 1.00 bits per heavy atom. The van der Waals surface area contributed by atoms with Gasteiger partial charge in [-0.15, -0.1) is 0 Å². The molecule has 1 aliphatic rings. The molecule has 3 nitrogen and oxygen atoms in total. The van der Waals surface area contributed by atoms with Gasteiger partial charge in [0.1, 0.15) is 5.75 Å². The van der Waals surface area contributed by atoms with Gasteiger partial charge in [0.05, 0.1) is 0 Å². The van der Waals surface area contributed by atoms with Crippen LogP contribution in [0.4, 0.5) is 0 Å². The number of carboxylic acids is 1. The fourth-order valence-electron chi connectivity index (χ4n) is 3.71. The van der Waals surface area contributed by atoms with Crippen molar-refractivity contribution in [2.45, 2.75) is 96.5 Å². The fourth-order valence-corrected chi connectivity index (χ4v) is 3.71. The number of ether oxygens (including phenoxy) is 1. The van der Waals surface area contributed by atoms with Crippen molar-refractivity contribution in [1.29, 1.82) is 0 Å². The highest BCUT2D eigenvalue weighted by Gasteiger charge is 2.19. The van der Waals surface area contributed by atoms with E-state index in [2.05, 4.69) is 25.1 Å². The zero-order valence-corrected chi connectivity index (χ0v) is 16.9. The summed E-state index contributed by atoms with van der Waals surface area (Å²) in [5.41, 5.74) is 2.66. The van der Waals surface area contributed by atoms with Gasteiger partial charge in [-0.05, 0) is 61.8 Å². The number of rotatable bonds is 11. The number of carbonyl (C=O) groups is 1. The second kappa shape index (κ2) is 12.6. The van der Waals surface area contributed by atoms with Gasteiger partial charge >= 0.3 is 5.97 Å². The molecule has 0 saturated carbocycles. The smallest absolute Gasteiger partial charge is 0.344 e. The van der Waals surface area contributed by atoms with Gasteiger partial charge in [-0.2, -0.15) is 0 Å². The normalized spacial score (nSPS) is 16.1. The minimum atomic E-state index is -0.865. The molecule has 1 unspecified atom stereocenters. The molecule has 1 aromatic rings. The molecule has 0 radical (unpaired) electrons. The molecule has 2 rings (SSSR count). The molecule has 0 aliphatic heterocycles. The summed E-state index contributed by atoms with van der Waals surface area (Å²) in [6.07, 6.45) is 16.6. The fraction of sp³-hybridized carbons (Fsp3) is 0.625. The number of carboxylic acid groups (broad SMARTS) is 1. The summed E-state index contributed by atoms with van der Waals surface area (Å²) >= 11 is 0. The first kappa shape index (κ1) is 21.5. The second-order valence-electron chi connectivity index (χ2n) is 7.71. The van der Waals surface area contributed by atoms with Gasteiger partial charge in [-0.1, -0.05) is 70.1 Å². The third-order valence-corrected chi connectivity index (χ3v) is 5.39. The van der Waals surface area contributed by atoms with Crippen molar-refractivity contribution in [3.63, 3.8) is 0 Å². The van der Waals surface area contributed by atoms with Crippen LogP contribution in [0.1, 0.15) is 96.0 Å². The molecular weight excluding hydrogens is 336 g/mol. The molecule has 0 spiro atoms. The lowest BCUT2D eigenvalue weighted by molar-refractivity contribution is -0.145. The minimum Gasteiger partial charge on any atom is -0.479 e. The zero-order chi connectivity index (χ0) is 19.3. The van der Waals surface area contributed by atoms with Crippen LogP contribution in [-0.2, 0) is 4.79 Å². The summed E-state index contributed by atoms with van der Waals surface area (Å²) in [5.74, 6) is -0.209. The standard InChI is InChI=1S/C24H36O3/c1-2-3-4-5-9-12-15-23(24(25)26)27-22-18-16-21(17-19-22)20-13-10-7-6-8-11-14-20/h13,16-19,23H,2-12,14-15H2,1H3,(H,25,26). The lowest BCUT2D eigenvalue weighted by Crippen LogP contribution is -2.26. The van der Waals surface area contributed by atoms with Crippen LogP contribution in [0.15, 0.2) is 30.3 Å². The van der Waals surface area contributed by atoms with E-state index in [4.69, 9.17) is 4.74 Å². The van der Waals surface area contributed by atoms with E-state index in [1.54, 1.807) is 0 Å². The van der Waals surface area contributed by atoms with Crippen molar-refractivity contribution < 1.29 is 14.6 Å². The van der Waals surface area contributed by atoms with Gasteiger partial charge in [0.15, 0.2) is 6.10 Å². The van der Waals surface area contributed by atoms with Gasteiger partial charge in [0, 0.05) is 0 Å². The van der Waals surface area contributed by atoms with E-state index in [-0.39, 0.29) is 0 Å². The van der Waals surface area contributed by atoms with Crippen LogP contribution in [-0.4, -0.2) is 17.2 Å². The molecule has 0 bridgehead atoms. The first-order valence-electron chi connectivity index (χ1n) is 10.9. The van der Waals surface area contributed by atoms with E-state index in [0.29, 0.717) is 12.2 Å². The lowest BCUT2D eigenvalue weighted by Gasteiger charge is -2.16. The van der Waals surface area contributed by atoms with Crippen LogP contribution in [0.2, 0.25) is 0 Å². The molecule has 1 aromatic carbocycles. The van der Waals surface area contributed by atoms with E-state index in [0.717, 1.165) is 25.7 Å². The predicted octanol–water partition coefficient (Wildman–Crippen LogP) is 7.01. The Bertz CT molecular complexity index is 574. The van der Waals surface area contributed by atoms with Crippen molar-refractivity contribution in [3.8, 4) is 5.75 Å². The van der Waals surface area contributed by atoms with E-state index in [9.17, 15) is 9.90 Å². The SMILES string of the molecule is CCCCCCCCC(Oc1ccc(C2=CCCCCCC2)cc1)C(=O)O. The van der Waals surface area contributed by atoms with Gasteiger partial charge in [-0.25, -0.2) is 4.79 Å². The molecular formula is C24H36O3. The third kappa shape index (κ3) is 8.19. The Morgan fingerprint density at radius 2 is 1.70 bits per heavy atom. The Morgan fingerprint density at radius 3 is 2.44 bits per heavy atom. The number of aliphatic carboxylic acids is 1. The van der Waals surface area contributed by atoms with E-state index in [1.165, 1.54) is 62.5 Å². The van der Waals surface area contributed by atoms with Crippen LogP contribution in [0, 0.1) is 0 Å². The van der Waals surface area contributed by atoms with E-state index >= 15 is 0 Å². The minimum absolute atomic E-state index is 0.578.